The molecule has 0 unspecified atom stereocenters. The van der Waals surface area contributed by atoms with Crippen LogP contribution >= 0.6 is 0 Å². The van der Waals surface area contributed by atoms with Crippen molar-refractivity contribution in [1.29, 1.82) is 0 Å². The monoisotopic (exact) mass is 251 g/mol. The maximum atomic E-state index is 13.5. The molecule has 1 saturated carbocycles. The number of phenolic OH excluding ortho intramolecular Hbond substituents is 1. The summed E-state index contributed by atoms with van der Waals surface area (Å²) >= 11 is 0. The lowest BCUT2D eigenvalue weighted by atomic mass is 10.0. The van der Waals surface area contributed by atoms with Crippen molar-refractivity contribution < 1.29 is 14.3 Å². The molecule has 4 heteroatoms. The highest BCUT2D eigenvalue weighted by Gasteiger charge is 2.65. The van der Waals surface area contributed by atoms with Gasteiger partial charge in [-0.15, -0.1) is 0 Å². The number of carbonyl (C=O) groups is 1. The SMILES string of the molecule is CC1(C)C(NC(=O)c2ccc(O)cc2F)C1(C)C. The molecule has 1 aliphatic rings. The minimum absolute atomic E-state index is 0.00998. The lowest BCUT2D eigenvalue weighted by Gasteiger charge is -2.08. The Bertz CT molecular complexity index is 495. The first-order valence-electron chi connectivity index (χ1n) is 5.97. The average Bonchev–Trinajstić information content (AvgIpc) is 2.60. The van der Waals surface area contributed by atoms with Gasteiger partial charge in [0.25, 0.3) is 5.91 Å². The molecule has 1 fully saturated rings. The van der Waals surface area contributed by atoms with Gasteiger partial charge >= 0.3 is 0 Å². The summed E-state index contributed by atoms with van der Waals surface area (Å²) in [5.74, 6) is -1.32. The standard InChI is InChI=1S/C14H18FNO2/c1-13(2)12(14(13,3)4)16-11(18)9-6-5-8(17)7-10(9)15/h5-7,12,17H,1-4H3,(H,16,18). The fourth-order valence-electron chi connectivity index (χ4n) is 2.45. The summed E-state index contributed by atoms with van der Waals surface area (Å²) in [4.78, 5) is 12.0. The van der Waals surface area contributed by atoms with E-state index in [2.05, 4.69) is 33.0 Å². The number of rotatable bonds is 2. The van der Waals surface area contributed by atoms with Gasteiger partial charge in [-0.2, -0.15) is 0 Å². The normalized spacial score (nSPS) is 20.5. The van der Waals surface area contributed by atoms with E-state index in [1.807, 2.05) is 0 Å². The first kappa shape index (κ1) is 12.9. The molecule has 2 rings (SSSR count). The third-order valence-electron chi connectivity index (χ3n) is 4.49. The van der Waals surface area contributed by atoms with Crippen LogP contribution in [0.25, 0.3) is 0 Å². The molecule has 18 heavy (non-hydrogen) atoms. The van der Waals surface area contributed by atoms with Crippen LogP contribution in [0.4, 0.5) is 4.39 Å². The predicted octanol–water partition coefficient (Wildman–Crippen LogP) is 2.70. The fraction of sp³-hybridized carbons (Fsp3) is 0.500. The summed E-state index contributed by atoms with van der Waals surface area (Å²) in [6, 6.07) is 3.58. The van der Waals surface area contributed by atoms with Gasteiger partial charge in [0.1, 0.15) is 11.6 Å². The third-order valence-corrected chi connectivity index (χ3v) is 4.49. The maximum absolute atomic E-state index is 13.5. The molecule has 2 N–H and O–H groups in total. The zero-order valence-electron chi connectivity index (χ0n) is 11.0. The summed E-state index contributed by atoms with van der Waals surface area (Å²) < 4.78 is 13.5. The Morgan fingerprint density at radius 3 is 2.28 bits per heavy atom. The Hall–Kier alpha value is -1.58. The van der Waals surface area contributed by atoms with E-state index < -0.39 is 11.7 Å². The zero-order chi connectivity index (χ0) is 13.7. The lowest BCUT2D eigenvalue weighted by molar-refractivity contribution is 0.0939. The highest BCUT2D eigenvalue weighted by atomic mass is 19.1. The van der Waals surface area contributed by atoms with E-state index in [1.54, 1.807) is 0 Å². The van der Waals surface area contributed by atoms with Crippen molar-refractivity contribution in [2.45, 2.75) is 33.7 Å². The number of phenols is 1. The minimum atomic E-state index is -0.705. The third kappa shape index (κ3) is 1.76. The van der Waals surface area contributed by atoms with E-state index in [0.717, 1.165) is 6.07 Å². The number of carbonyl (C=O) groups excluding carboxylic acids is 1. The number of benzene rings is 1. The van der Waals surface area contributed by atoms with Crippen molar-refractivity contribution in [3.63, 3.8) is 0 Å². The molecular weight excluding hydrogens is 233 g/mol. The van der Waals surface area contributed by atoms with Crippen LogP contribution in [0.15, 0.2) is 18.2 Å². The number of nitrogens with one attached hydrogen (secondary N) is 1. The Morgan fingerprint density at radius 1 is 1.28 bits per heavy atom. The number of aromatic hydroxyl groups is 1. The Balaban J connectivity index is 2.15. The van der Waals surface area contributed by atoms with Crippen molar-refractivity contribution in [2.75, 3.05) is 0 Å². The van der Waals surface area contributed by atoms with Crippen LogP contribution < -0.4 is 5.32 Å². The zero-order valence-corrected chi connectivity index (χ0v) is 11.0. The van der Waals surface area contributed by atoms with E-state index in [-0.39, 0.29) is 28.2 Å². The van der Waals surface area contributed by atoms with Gasteiger partial charge in [-0.3, -0.25) is 4.79 Å². The van der Waals surface area contributed by atoms with Gasteiger partial charge in [-0.25, -0.2) is 4.39 Å². The van der Waals surface area contributed by atoms with Crippen LogP contribution in [-0.4, -0.2) is 17.1 Å². The summed E-state index contributed by atoms with van der Waals surface area (Å²) in [6.07, 6.45) is 0. The van der Waals surface area contributed by atoms with Crippen LogP contribution in [0, 0.1) is 16.6 Å². The van der Waals surface area contributed by atoms with Gasteiger partial charge in [-0.05, 0) is 23.0 Å². The van der Waals surface area contributed by atoms with Crippen LogP contribution in [0.1, 0.15) is 38.1 Å². The average molecular weight is 251 g/mol. The quantitative estimate of drug-likeness (QED) is 0.849. The predicted molar refractivity (Wildman–Crippen MR) is 66.9 cm³/mol. The molecule has 0 spiro atoms. The van der Waals surface area contributed by atoms with Gasteiger partial charge in [-0.1, -0.05) is 27.7 Å². The van der Waals surface area contributed by atoms with Crippen LogP contribution in [-0.2, 0) is 0 Å². The van der Waals surface area contributed by atoms with Crippen molar-refractivity contribution in [1.82, 2.24) is 5.32 Å². The number of hydrogen-bond donors (Lipinski definition) is 2. The highest BCUT2D eigenvalue weighted by molar-refractivity contribution is 5.95. The van der Waals surface area contributed by atoms with Crippen molar-refractivity contribution in [3.05, 3.63) is 29.6 Å². The molecule has 1 aromatic rings. The summed E-state index contributed by atoms with van der Waals surface area (Å²) in [5.41, 5.74) is -0.0159. The van der Waals surface area contributed by atoms with Gasteiger partial charge in [0.15, 0.2) is 0 Å². The smallest absolute Gasteiger partial charge is 0.254 e. The Morgan fingerprint density at radius 2 is 1.83 bits per heavy atom. The molecule has 98 valence electrons. The van der Waals surface area contributed by atoms with Gasteiger partial charge < -0.3 is 10.4 Å². The van der Waals surface area contributed by atoms with Crippen molar-refractivity contribution in [2.24, 2.45) is 10.8 Å². The number of hydrogen-bond acceptors (Lipinski definition) is 2. The van der Waals surface area contributed by atoms with Crippen LogP contribution in [0.2, 0.25) is 0 Å². The highest BCUT2D eigenvalue weighted by Crippen LogP contribution is 2.62. The molecule has 1 amide bonds. The van der Waals surface area contributed by atoms with Crippen LogP contribution in [0.5, 0.6) is 5.75 Å². The molecule has 0 heterocycles. The second kappa shape index (κ2) is 3.70. The van der Waals surface area contributed by atoms with Crippen LogP contribution in [0.3, 0.4) is 0 Å². The fourth-order valence-corrected chi connectivity index (χ4v) is 2.45. The molecular formula is C14H18FNO2. The molecule has 0 aromatic heterocycles. The molecule has 0 bridgehead atoms. The molecule has 0 radical (unpaired) electrons. The first-order chi connectivity index (χ1) is 8.18. The molecule has 0 atom stereocenters. The first-order valence-corrected chi connectivity index (χ1v) is 5.97. The van der Waals surface area contributed by atoms with E-state index in [4.69, 9.17) is 5.11 Å². The molecule has 0 saturated heterocycles. The van der Waals surface area contributed by atoms with E-state index >= 15 is 0 Å². The Kier molecular flexibility index (Phi) is 2.65. The minimum Gasteiger partial charge on any atom is -0.508 e. The second-order valence-electron chi connectivity index (χ2n) is 6.01. The second-order valence-corrected chi connectivity index (χ2v) is 6.01. The molecule has 1 aromatic carbocycles. The molecule has 1 aliphatic carbocycles. The molecule has 3 nitrogen and oxygen atoms in total. The van der Waals surface area contributed by atoms with Gasteiger partial charge in [0.05, 0.1) is 5.56 Å². The summed E-state index contributed by atoms with van der Waals surface area (Å²) in [7, 11) is 0. The summed E-state index contributed by atoms with van der Waals surface area (Å²) in [6.45, 7) is 8.30. The molecule has 0 aliphatic heterocycles. The van der Waals surface area contributed by atoms with E-state index in [0.29, 0.717) is 0 Å². The topological polar surface area (TPSA) is 49.3 Å². The van der Waals surface area contributed by atoms with Gasteiger partial charge in [0, 0.05) is 12.1 Å². The largest absolute Gasteiger partial charge is 0.508 e. The van der Waals surface area contributed by atoms with E-state index in [9.17, 15) is 9.18 Å². The number of amides is 1. The Labute approximate surface area is 106 Å². The number of halogens is 1. The lowest BCUT2D eigenvalue weighted by Crippen LogP contribution is -2.30. The van der Waals surface area contributed by atoms with Crippen molar-refractivity contribution >= 4 is 5.91 Å². The summed E-state index contributed by atoms with van der Waals surface area (Å²) in [5, 5.41) is 12.0. The van der Waals surface area contributed by atoms with Gasteiger partial charge in [0.2, 0.25) is 0 Å². The maximum Gasteiger partial charge on any atom is 0.254 e. The van der Waals surface area contributed by atoms with E-state index in [1.165, 1.54) is 12.1 Å². The van der Waals surface area contributed by atoms with Crippen molar-refractivity contribution in [3.8, 4) is 5.75 Å².